The molecule has 1 aliphatic heterocycles. The molecule has 106 valence electrons. The first-order valence-corrected chi connectivity index (χ1v) is 6.80. The SMILES string of the molecule is CC(N(C)C(=O)C1(CN)CCOCC1)C(C)(C)C. The molecule has 1 rings (SSSR count). The fourth-order valence-electron chi connectivity index (χ4n) is 2.40. The van der Waals surface area contributed by atoms with Crippen molar-refractivity contribution in [2.45, 2.75) is 46.6 Å². The Hall–Kier alpha value is -0.610. The third-order valence-electron chi connectivity index (χ3n) is 4.45. The number of nitrogens with zero attached hydrogens (tertiary/aromatic N) is 1. The van der Waals surface area contributed by atoms with Gasteiger partial charge in [0.05, 0.1) is 5.41 Å². The molecule has 0 bridgehead atoms. The van der Waals surface area contributed by atoms with Crippen molar-refractivity contribution in [3.05, 3.63) is 0 Å². The molecule has 18 heavy (non-hydrogen) atoms. The highest BCUT2D eigenvalue weighted by molar-refractivity contribution is 5.83. The molecular weight excluding hydrogens is 228 g/mol. The molecule has 2 N–H and O–H groups in total. The lowest BCUT2D eigenvalue weighted by atomic mass is 9.77. The highest BCUT2D eigenvalue weighted by Crippen LogP contribution is 2.34. The molecule has 1 unspecified atom stereocenters. The zero-order chi connectivity index (χ0) is 14.0. The Morgan fingerprint density at radius 2 is 1.89 bits per heavy atom. The predicted octanol–water partition coefficient (Wildman–Crippen LogP) is 1.63. The summed E-state index contributed by atoms with van der Waals surface area (Å²) in [6, 6.07) is 0.191. The Labute approximate surface area is 111 Å². The highest BCUT2D eigenvalue weighted by Gasteiger charge is 2.42. The van der Waals surface area contributed by atoms with Gasteiger partial charge < -0.3 is 15.4 Å². The Morgan fingerprint density at radius 1 is 1.39 bits per heavy atom. The van der Waals surface area contributed by atoms with Crippen LogP contribution in [0.2, 0.25) is 0 Å². The maximum atomic E-state index is 12.7. The van der Waals surface area contributed by atoms with Gasteiger partial charge in [-0.15, -0.1) is 0 Å². The van der Waals surface area contributed by atoms with Gasteiger partial charge in [-0.3, -0.25) is 4.79 Å². The van der Waals surface area contributed by atoms with Crippen molar-refractivity contribution in [1.82, 2.24) is 4.90 Å². The standard InChI is InChI=1S/C14H28N2O2/c1-11(13(2,3)4)16(5)12(17)14(10-15)6-8-18-9-7-14/h11H,6-10,15H2,1-5H3. The molecule has 0 aromatic heterocycles. The molecule has 0 saturated carbocycles. The third kappa shape index (κ3) is 3.04. The smallest absolute Gasteiger partial charge is 0.230 e. The van der Waals surface area contributed by atoms with Crippen LogP contribution in [-0.4, -0.2) is 43.7 Å². The van der Waals surface area contributed by atoms with Crippen molar-refractivity contribution in [2.24, 2.45) is 16.6 Å². The van der Waals surface area contributed by atoms with Crippen molar-refractivity contribution in [3.63, 3.8) is 0 Å². The van der Waals surface area contributed by atoms with Crippen LogP contribution in [0.15, 0.2) is 0 Å². The molecular formula is C14H28N2O2. The molecule has 1 aliphatic rings. The molecule has 0 aromatic rings. The summed E-state index contributed by atoms with van der Waals surface area (Å²) < 4.78 is 5.36. The minimum atomic E-state index is -0.410. The predicted molar refractivity (Wildman–Crippen MR) is 73.2 cm³/mol. The number of carbonyl (C=O) groups is 1. The highest BCUT2D eigenvalue weighted by atomic mass is 16.5. The van der Waals surface area contributed by atoms with Gasteiger partial charge in [-0.05, 0) is 25.2 Å². The van der Waals surface area contributed by atoms with E-state index in [9.17, 15) is 4.79 Å². The van der Waals surface area contributed by atoms with Crippen LogP contribution >= 0.6 is 0 Å². The summed E-state index contributed by atoms with van der Waals surface area (Å²) in [7, 11) is 1.89. The Morgan fingerprint density at radius 3 is 2.28 bits per heavy atom. The van der Waals surface area contributed by atoms with Crippen molar-refractivity contribution in [1.29, 1.82) is 0 Å². The first-order chi connectivity index (χ1) is 8.24. The zero-order valence-corrected chi connectivity index (χ0v) is 12.5. The molecule has 0 aliphatic carbocycles. The van der Waals surface area contributed by atoms with E-state index in [-0.39, 0.29) is 17.4 Å². The average Bonchev–Trinajstić information content (AvgIpc) is 2.35. The summed E-state index contributed by atoms with van der Waals surface area (Å²) in [5, 5.41) is 0. The quantitative estimate of drug-likeness (QED) is 0.835. The van der Waals surface area contributed by atoms with Crippen LogP contribution in [0, 0.1) is 10.8 Å². The topological polar surface area (TPSA) is 55.6 Å². The summed E-state index contributed by atoms with van der Waals surface area (Å²) in [6.45, 7) is 10.3. The van der Waals surface area contributed by atoms with Crippen molar-refractivity contribution >= 4 is 5.91 Å². The normalized spacial score (nSPS) is 21.4. The van der Waals surface area contributed by atoms with Gasteiger partial charge in [-0.25, -0.2) is 0 Å². The minimum Gasteiger partial charge on any atom is -0.381 e. The lowest BCUT2D eigenvalue weighted by molar-refractivity contribution is -0.149. The van der Waals surface area contributed by atoms with Crippen LogP contribution in [0.25, 0.3) is 0 Å². The second-order valence-corrected chi connectivity index (χ2v) is 6.55. The number of carbonyl (C=O) groups excluding carboxylic acids is 1. The summed E-state index contributed by atoms with van der Waals surface area (Å²) in [5.41, 5.74) is 5.55. The van der Waals surface area contributed by atoms with Crippen LogP contribution in [0.5, 0.6) is 0 Å². The van der Waals surface area contributed by atoms with Crippen LogP contribution in [0.3, 0.4) is 0 Å². The largest absolute Gasteiger partial charge is 0.381 e. The molecule has 0 aromatic carbocycles. The molecule has 1 saturated heterocycles. The van der Waals surface area contributed by atoms with Gasteiger partial charge in [0.25, 0.3) is 0 Å². The summed E-state index contributed by atoms with van der Waals surface area (Å²) in [4.78, 5) is 14.6. The van der Waals surface area contributed by atoms with E-state index in [4.69, 9.17) is 10.5 Å². The molecule has 1 fully saturated rings. The van der Waals surface area contributed by atoms with Crippen LogP contribution in [-0.2, 0) is 9.53 Å². The zero-order valence-electron chi connectivity index (χ0n) is 12.5. The van der Waals surface area contributed by atoms with Crippen molar-refractivity contribution in [2.75, 3.05) is 26.8 Å². The minimum absolute atomic E-state index is 0.0748. The van der Waals surface area contributed by atoms with Crippen molar-refractivity contribution < 1.29 is 9.53 Å². The fraction of sp³-hybridized carbons (Fsp3) is 0.929. The third-order valence-corrected chi connectivity index (χ3v) is 4.45. The van der Waals surface area contributed by atoms with Crippen LogP contribution in [0.4, 0.5) is 0 Å². The summed E-state index contributed by atoms with van der Waals surface area (Å²) in [5.74, 6) is 0.177. The van der Waals surface area contributed by atoms with Gasteiger partial charge in [-0.1, -0.05) is 20.8 Å². The number of rotatable bonds is 3. The Bertz CT molecular complexity index is 291. The van der Waals surface area contributed by atoms with Crippen LogP contribution < -0.4 is 5.73 Å². The van der Waals surface area contributed by atoms with E-state index >= 15 is 0 Å². The summed E-state index contributed by atoms with van der Waals surface area (Å²) in [6.07, 6.45) is 1.48. The van der Waals surface area contributed by atoms with Gasteiger partial charge in [0.1, 0.15) is 0 Å². The lowest BCUT2D eigenvalue weighted by Crippen LogP contribution is -2.54. The van der Waals surface area contributed by atoms with Crippen molar-refractivity contribution in [3.8, 4) is 0 Å². The van der Waals surface area contributed by atoms with Crippen LogP contribution in [0.1, 0.15) is 40.5 Å². The van der Waals surface area contributed by atoms with E-state index in [1.54, 1.807) is 0 Å². The number of amides is 1. The van der Waals surface area contributed by atoms with Gasteiger partial charge in [0.2, 0.25) is 5.91 Å². The molecule has 0 spiro atoms. The average molecular weight is 256 g/mol. The Kier molecular flexibility index (Phi) is 4.78. The molecule has 1 amide bonds. The van der Waals surface area contributed by atoms with Gasteiger partial charge in [0, 0.05) is 32.8 Å². The van der Waals surface area contributed by atoms with Gasteiger partial charge >= 0.3 is 0 Å². The maximum Gasteiger partial charge on any atom is 0.230 e. The fourth-order valence-corrected chi connectivity index (χ4v) is 2.40. The first kappa shape index (κ1) is 15.4. The van der Waals surface area contributed by atoms with E-state index in [0.29, 0.717) is 19.8 Å². The Balaban J connectivity index is 2.84. The second-order valence-electron chi connectivity index (χ2n) is 6.55. The van der Waals surface area contributed by atoms with E-state index < -0.39 is 5.41 Å². The molecule has 4 heteroatoms. The number of nitrogens with two attached hydrogens (primary N) is 1. The number of hydrogen-bond donors (Lipinski definition) is 1. The van der Waals surface area contributed by atoms with E-state index in [0.717, 1.165) is 12.8 Å². The monoisotopic (exact) mass is 256 g/mol. The lowest BCUT2D eigenvalue weighted by Gasteiger charge is -2.43. The van der Waals surface area contributed by atoms with E-state index in [1.165, 1.54) is 0 Å². The van der Waals surface area contributed by atoms with E-state index in [2.05, 4.69) is 27.7 Å². The molecule has 1 atom stereocenters. The molecule has 1 heterocycles. The maximum absolute atomic E-state index is 12.7. The number of hydrogen-bond acceptors (Lipinski definition) is 3. The summed E-state index contributed by atoms with van der Waals surface area (Å²) >= 11 is 0. The molecule has 4 nitrogen and oxygen atoms in total. The van der Waals surface area contributed by atoms with E-state index in [1.807, 2.05) is 11.9 Å². The first-order valence-electron chi connectivity index (χ1n) is 6.80. The van der Waals surface area contributed by atoms with Gasteiger partial charge in [0.15, 0.2) is 0 Å². The van der Waals surface area contributed by atoms with Gasteiger partial charge in [-0.2, -0.15) is 0 Å². The number of ether oxygens (including phenoxy) is 1. The second kappa shape index (κ2) is 5.57. The molecule has 0 radical (unpaired) electrons.